The number of aliphatic carboxylic acids is 1. The molecule has 3 rings (SSSR count). The summed E-state index contributed by atoms with van der Waals surface area (Å²) in [4.78, 5) is 28.8. The van der Waals surface area contributed by atoms with Crippen LogP contribution in [0.4, 0.5) is 13.2 Å². The van der Waals surface area contributed by atoms with Crippen molar-refractivity contribution in [3.8, 4) is 16.3 Å². The van der Waals surface area contributed by atoms with Gasteiger partial charge < -0.3 is 9.84 Å². The Bertz CT molecular complexity index is 1290. The topological polar surface area (TPSA) is 76.5 Å². The normalized spacial score (nSPS) is 12.0. The number of aromatic nitrogens is 1. The van der Waals surface area contributed by atoms with E-state index in [2.05, 4.69) is 4.98 Å². The highest BCUT2D eigenvalue weighted by Gasteiger charge is 2.32. The van der Waals surface area contributed by atoms with Crippen LogP contribution in [0.3, 0.4) is 0 Å². The molecule has 0 bridgehead atoms. The lowest BCUT2D eigenvalue weighted by atomic mass is 10.1. The monoisotopic (exact) mass is 545 g/mol. The number of halogens is 5. The van der Waals surface area contributed by atoms with Gasteiger partial charge in [-0.1, -0.05) is 41.4 Å². The molecule has 0 fully saturated rings. The van der Waals surface area contributed by atoms with Gasteiger partial charge >= 0.3 is 12.1 Å². The molecule has 0 aliphatic rings. The van der Waals surface area contributed by atoms with Crippen molar-refractivity contribution in [1.82, 2.24) is 4.98 Å². The molecule has 0 aliphatic carbocycles. The van der Waals surface area contributed by atoms with Crippen LogP contribution in [0.25, 0.3) is 10.6 Å². The number of hydrogen-bond donors (Lipinski definition) is 1. The number of Topliss-reactive ketones (excluding diaryl/α,β-unsaturated/α-hetero) is 1. The molecule has 0 atom stereocenters. The summed E-state index contributed by atoms with van der Waals surface area (Å²) in [6.45, 7) is 4.37. The van der Waals surface area contributed by atoms with Gasteiger partial charge in [0.15, 0.2) is 11.4 Å². The molecule has 0 saturated heterocycles. The van der Waals surface area contributed by atoms with Gasteiger partial charge in [0.05, 0.1) is 21.2 Å². The molecule has 0 aliphatic heterocycles. The van der Waals surface area contributed by atoms with E-state index < -0.39 is 23.3 Å². The fourth-order valence-electron chi connectivity index (χ4n) is 3.13. The van der Waals surface area contributed by atoms with Gasteiger partial charge in [-0.2, -0.15) is 13.2 Å². The molecule has 35 heavy (non-hydrogen) atoms. The number of rotatable bonds is 8. The minimum absolute atomic E-state index is 0.0340. The van der Waals surface area contributed by atoms with Gasteiger partial charge in [-0.25, -0.2) is 9.78 Å². The van der Waals surface area contributed by atoms with E-state index in [0.717, 1.165) is 23.5 Å². The van der Waals surface area contributed by atoms with Crippen molar-refractivity contribution in [1.29, 1.82) is 0 Å². The SMILES string of the molecule is Cc1nc(-c2cccc(C(F)(F)F)c2)sc1C(=O)CCc1ccc(OC(C)(C)C(=O)O)c(Cl)c1Cl. The molecule has 2 aromatic carbocycles. The molecule has 11 heteroatoms. The van der Waals surface area contributed by atoms with Crippen LogP contribution in [0.2, 0.25) is 10.0 Å². The first-order valence-electron chi connectivity index (χ1n) is 10.3. The van der Waals surface area contributed by atoms with Crippen molar-refractivity contribution in [2.24, 2.45) is 0 Å². The molecule has 0 radical (unpaired) electrons. The molecule has 1 aromatic heterocycles. The Hall–Kier alpha value is -2.62. The maximum atomic E-state index is 13.0. The molecule has 1 heterocycles. The number of benzene rings is 2. The largest absolute Gasteiger partial charge is 0.478 e. The number of carboxylic acid groups (broad SMARTS) is 1. The summed E-state index contributed by atoms with van der Waals surface area (Å²) in [5, 5.41) is 9.72. The van der Waals surface area contributed by atoms with Gasteiger partial charge in [0.2, 0.25) is 0 Å². The van der Waals surface area contributed by atoms with E-state index in [0.29, 0.717) is 21.1 Å². The molecule has 3 aromatic rings. The number of ketones is 1. The highest BCUT2D eigenvalue weighted by atomic mass is 35.5. The van der Waals surface area contributed by atoms with Crippen LogP contribution >= 0.6 is 34.5 Å². The third-order valence-corrected chi connectivity index (χ3v) is 7.27. The molecule has 0 spiro atoms. The zero-order valence-corrected chi connectivity index (χ0v) is 21.1. The Balaban J connectivity index is 1.76. The summed E-state index contributed by atoms with van der Waals surface area (Å²) in [7, 11) is 0. The van der Waals surface area contributed by atoms with E-state index in [1.807, 2.05) is 0 Å². The molecule has 186 valence electrons. The third kappa shape index (κ3) is 6.15. The molecular formula is C24H20Cl2F3NO4S. The van der Waals surface area contributed by atoms with E-state index in [-0.39, 0.29) is 40.0 Å². The van der Waals surface area contributed by atoms with Crippen LogP contribution in [0.5, 0.6) is 5.75 Å². The van der Waals surface area contributed by atoms with Crippen LogP contribution in [0.15, 0.2) is 36.4 Å². The highest BCUT2D eigenvalue weighted by Crippen LogP contribution is 2.38. The van der Waals surface area contributed by atoms with E-state index in [1.165, 1.54) is 32.0 Å². The number of ether oxygens (including phenoxy) is 1. The molecule has 5 nitrogen and oxygen atoms in total. The summed E-state index contributed by atoms with van der Waals surface area (Å²) in [5.74, 6) is -1.32. The number of thiazole rings is 1. The first kappa shape index (κ1) is 27.0. The van der Waals surface area contributed by atoms with E-state index in [1.54, 1.807) is 13.0 Å². The van der Waals surface area contributed by atoms with Gasteiger partial charge in [-0.15, -0.1) is 11.3 Å². The number of aryl methyl sites for hydroxylation is 2. The number of carboxylic acids is 1. The van der Waals surface area contributed by atoms with E-state index >= 15 is 0 Å². The lowest BCUT2D eigenvalue weighted by molar-refractivity contribution is -0.152. The zero-order chi connectivity index (χ0) is 26.1. The standard InChI is InChI=1S/C24H20Cl2F3NO4S/c1-12-20(35-21(30-12)14-5-4-6-15(11-14)24(27,28)29)16(31)9-7-13-8-10-17(19(26)18(13)25)34-23(2,3)22(32)33/h4-6,8,10-11H,7,9H2,1-3H3,(H,32,33). The second kappa shape index (κ2) is 10.2. The first-order chi connectivity index (χ1) is 16.2. The molecule has 0 saturated carbocycles. The first-order valence-corrected chi connectivity index (χ1v) is 11.9. The molecule has 1 N–H and O–H groups in total. The van der Waals surface area contributed by atoms with Gasteiger partial charge in [0.1, 0.15) is 15.8 Å². The van der Waals surface area contributed by atoms with Crippen molar-refractivity contribution < 1.29 is 32.6 Å². The van der Waals surface area contributed by atoms with Crippen LogP contribution in [0.1, 0.15) is 46.8 Å². The van der Waals surface area contributed by atoms with Crippen LogP contribution in [-0.2, 0) is 17.4 Å². The predicted octanol–water partition coefficient (Wildman–Crippen LogP) is 7.50. The Kier molecular flexibility index (Phi) is 7.83. The van der Waals surface area contributed by atoms with Crippen molar-refractivity contribution in [2.45, 2.75) is 45.4 Å². The number of carbonyl (C=O) groups excluding carboxylic acids is 1. The summed E-state index contributed by atoms with van der Waals surface area (Å²) in [5.41, 5.74) is -1.05. The summed E-state index contributed by atoms with van der Waals surface area (Å²) < 4.78 is 44.6. The average molecular weight is 546 g/mol. The fourth-order valence-corrected chi connectivity index (χ4v) is 4.63. The van der Waals surface area contributed by atoms with Crippen LogP contribution < -0.4 is 4.74 Å². The Labute approximate surface area is 213 Å². The van der Waals surface area contributed by atoms with Crippen molar-refractivity contribution in [2.75, 3.05) is 0 Å². The van der Waals surface area contributed by atoms with Crippen LogP contribution in [0, 0.1) is 6.92 Å². The molecular weight excluding hydrogens is 526 g/mol. The van der Waals surface area contributed by atoms with Crippen molar-refractivity contribution in [3.63, 3.8) is 0 Å². The third-order valence-electron chi connectivity index (χ3n) is 5.12. The van der Waals surface area contributed by atoms with Gasteiger partial charge in [-0.05, 0) is 51.0 Å². The van der Waals surface area contributed by atoms with Crippen molar-refractivity contribution in [3.05, 3.63) is 68.1 Å². The predicted molar refractivity (Wildman–Crippen MR) is 129 cm³/mol. The second-order valence-electron chi connectivity index (χ2n) is 8.20. The number of nitrogens with zero attached hydrogens (tertiary/aromatic N) is 1. The van der Waals surface area contributed by atoms with E-state index in [4.69, 9.17) is 27.9 Å². The summed E-state index contributed by atoms with van der Waals surface area (Å²) in [6.07, 6.45) is -4.19. The highest BCUT2D eigenvalue weighted by molar-refractivity contribution is 7.17. The summed E-state index contributed by atoms with van der Waals surface area (Å²) in [6, 6.07) is 7.88. The maximum Gasteiger partial charge on any atom is 0.416 e. The quantitative estimate of drug-likeness (QED) is 0.296. The second-order valence-corrected chi connectivity index (χ2v) is 9.96. The lowest BCUT2D eigenvalue weighted by Gasteiger charge is -2.23. The Morgan fingerprint density at radius 2 is 1.80 bits per heavy atom. The summed E-state index contributed by atoms with van der Waals surface area (Å²) >= 11 is 13.6. The van der Waals surface area contributed by atoms with Gasteiger partial charge in [0.25, 0.3) is 0 Å². The fraction of sp³-hybridized carbons (Fsp3) is 0.292. The molecule has 0 unspecified atom stereocenters. The number of hydrogen-bond acceptors (Lipinski definition) is 5. The van der Waals surface area contributed by atoms with Gasteiger partial charge in [0, 0.05) is 12.0 Å². The lowest BCUT2D eigenvalue weighted by Crippen LogP contribution is -2.38. The van der Waals surface area contributed by atoms with Crippen LogP contribution in [-0.4, -0.2) is 27.4 Å². The maximum absolute atomic E-state index is 13.0. The minimum atomic E-state index is -4.48. The number of carbonyl (C=O) groups is 2. The average Bonchev–Trinajstić information content (AvgIpc) is 3.17. The zero-order valence-electron chi connectivity index (χ0n) is 18.8. The number of alkyl halides is 3. The van der Waals surface area contributed by atoms with E-state index in [9.17, 15) is 27.9 Å². The Morgan fingerprint density at radius 1 is 1.11 bits per heavy atom. The Morgan fingerprint density at radius 3 is 2.43 bits per heavy atom. The van der Waals surface area contributed by atoms with Crippen molar-refractivity contribution >= 4 is 46.3 Å². The smallest absolute Gasteiger partial charge is 0.416 e. The molecule has 0 amide bonds. The minimum Gasteiger partial charge on any atom is -0.478 e. The van der Waals surface area contributed by atoms with Gasteiger partial charge in [-0.3, -0.25) is 4.79 Å².